The monoisotopic (exact) mass is 494 g/mol. The zero-order valence-electron chi connectivity index (χ0n) is 11.7. The van der Waals surface area contributed by atoms with Crippen LogP contribution in [0.1, 0.15) is 0 Å². The van der Waals surface area contributed by atoms with E-state index < -0.39 is 31.3 Å². The van der Waals surface area contributed by atoms with Gasteiger partial charge in [-0.2, -0.15) is 15.6 Å². The Morgan fingerprint density at radius 2 is 0.440 bits per heavy atom. The second-order valence-electron chi connectivity index (χ2n) is 1.92. The largest absolute Gasteiger partial charge is 2.00 e. The molecule has 0 radical (unpaired) electrons. The molecule has 0 unspecified atom stereocenters. The molecule has 0 amide bonds. The number of rotatable bonds is 0. The molecule has 144 valence electrons. The van der Waals surface area contributed by atoms with E-state index in [0.29, 0.717) is 0 Å². The van der Waals surface area contributed by atoms with Crippen molar-refractivity contribution in [2.24, 2.45) is 0 Å². The molecule has 18 nitrogen and oxygen atoms in total. The van der Waals surface area contributed by atoms with Crippen molar-refractivity contribution in [2.45, 2.75) is 0 Å². The first-order valence-corrected chi connectivity index (χ1v) is 9.08. The second kappa shape index (κ2) is 24.7. The van der Waals surface area contributed by atoms with Crippen LogP contribution in [0.3, 0.4) is 0 Å². The van der Waals surface area contributed by atoms with Gasteiger partial charge in [0.1, 0.15) is 0 Å². The first-order valence-electron chi connectivity index (χ1n) is 3.03. The Hall–Kier alpha value is 2.66. The van der Waals surface area contributed by atoms with Gasteiger partial charge < -0.3 is 78.8 Å². The minimum absolute atomic E-state index is 0. The van der Waals surface area contributed by atoms with Gasteiger partial charge in [0.2, 0.25) is 0 Å². The van der Waals surface area contributed by atoms with Gasteiger partial charge in [0.25, 0.3) is 0 Å². The van der Waals surface area contributed by atoms with E-state index in [9.17, 15) is 0 Å². The molecule has 25 heavy (non-hydrogen) atoms. The fourth-order valence-electron chi connectivity index (χ4n) is 0. The Bertz CT molecular complexity index is 293. The molecule has 0 saturated carbocycles. The summed E-state index contributed by atoms with van der Waals surface area (Å²) in [5.41, 5.74) is 0. The van der Waals surface area contributed by atoms with Gasteiger partial charge in [-0.3, -0.25) is 0 Å². The molecule has 0 spiro atoms. The van der Waals surface area contributed by atoms with Crippen molar-refractivity contribution in [3.63, 3.8) is 0 Å². The third-order valence-corrected chi connectivity index (χ3v) is 0. The van der Waals surface area contributed by atoms with Crippen LogP contribution >= 0.6 is 31.3 Å². The molecule has 0 fully saturated rings. The minimum atomic E-state index is -5.39. The van der Waals surface area contributed by atoms with Gasteiger partial charge in [-0.05, 0) is 0 Å². The average molecular weight is 495 g/mol. The fraction of sp³-hybridized carbons (Fsp3) is 0. The Labute approximate surface area is 187 Å². The van der Waals surface area contributed by atoms with E-state index in [1.165, 1.54) is 0 Å². The van der Waals surface area contributed by atoms with Crippen LogP contribution in [0.15, 0.2) is 0 Å². The molecule has 0 aromatic heterocycles. The van der Waals surface area contributed by atoms with Crippen LogP contribution in [-0.2, 0) is 18.3 Å². The van der Waals surface area contributed by atoms with Gasteiger partial charge in [0.05, 0.1) is 0 Å². The van der Waals surface area contributed by atoms with Crippen molar-refractivity contribution in [2.75, 3.05) is 0 Å². The summed E-state index contributed by atoms with van der Waals surface area (Å²) in [6.07, 6.45) is 0. The van der Waals surface area contributed by atoms with E-state index in [1.54, 1.807) is 0 Å². The van der Waals surface area contributed by atoms with Crippen LogP contribution in [0.4, 0.5) is 0 Å². The van der Waals surface area contributed by atoms with E-state index in [-0.39, 0.29) is 80.1 Å². The molecule has 0 aliphatic carbocycles. The van der Waals surface area contributed by atoms with E-state index in [4.69, 9.17) is 77.0 Å². The first-order chi connectivity index (χ1) is 8.00. The summed E-state index contributed by atoms with van der Waals surface area (Å²) in [7, 11) is -20.1. The predicted molar refractivity (Wildman–Crippen MR) is 68.2 cm³/mol. The zero-order valence-corrected chi connectivity index (χ0v) is 19.5. The first kappa shape index (κ1) is 56.5. The Morgan fingerprint density at radius 1 is 0.440 bits per heavy atom. The SMILES string of the molecule is O.O.O=P(O)(O)O.O=P(O)(O)O.O=P([O-])([O-])[O-].O=P([O-])([O-])[O-].[Mg+2].[Mg+2].[Mg+2]. The summed E-state index contributed by atoms with van der Waals surface area (Å²) in [6, 6.07) is 0. The molecule has 0 bridgehead atoms. The van der Waals surface area contributed by atoms with Crippen molar-refractivity contribution in [1.29, 1.82) is 0 Å². The number of phosphoric acid groups is 4. The van der Waals surface area contributed by atoms with E-state index in [2.05, 4.69) is 0 Å². The zero-order chi connectivity index (χ0) is 18.0. The van der Waals surface area contributed by atoms with E-state index in [1.807, 2.05) is 0 Å². The van der Waals surface area contributed by atoms with Crippen molar-refractivity contribution >= 4 is 100 Å². The van der Waals surface area contributed by atoms with Crippen molar-refractivity contribution in [3.05, 3.63) is 0 Å². The molecule has 0 rings (SSSR count). The Kier molecular flexibility index (Phi) is 55.8. The van der Waals surface area contributed by atoms with Gasteiger partial charge >= 0.3 is 84.8 Å². The quantitative estimate of drug-likeness (QED) is 0.134. The van der Waals surface area contributed by atoms with Crippen LogP contribution in [0, 0.1) is 0 Å². The van der Waals surface area contributed by atoms with Crippen LogP contribution in [-0.4, -0.2) is 109 Å². The standard InChI is InChI=1S/3Mg.4H3O4P.2H2O/c;;;4*1-5(2,3)4;;/h;;;4*(H3,1,2,3,4);2*1H2/q3*+2;;;;;;/p-6. The predicted octanol–water partition coefficient (Wildman–Crippen LogP) is -10.3. The summed E-state index contributed by atoms with van der Waals surface area (Å²) >= 11 is 0. The summed E-state index contributed by atoms with van der Waals surface area (Å²) in [5, 5.41) is 0. The second-order valence-corrected chi connectivity index (χ2v) is 5.76. The van der Waals surface area contributed by atoms with Gasteiger partial charge in [-0.1, -0.05) is 0 Å². The molecule has 0 aliphatic heterocycles. The van der Waals surface area contributed by atoms with Crippen LogP contribution in [0.2, 0.25) is 0 Å². The summed E-state index contributed by atoms with van der Waals surface area (Å²) in [6.45, 7) is 0. The van der Waals surface area contributed by atoms with Crippen LogP contribution in [0.5, 0.6) is 0 Å². The Balaban J connectivity index is -0.0000000183. The maximum atomic E-state index is 8.88. The maximum absolute atomic E-state index is 8.88. The molecule has 0 aromatic rings. The number of hydrogen-bond donors (Lipinski definition) is 6. The van der Waals surface area contributed by atoms with Crippen LogP contribution < -0.4 is 29.4 Å². The normalized spacial score (nSPS) is 9.44. The van der Waals surface area contributed by atoms with Crippen molar-refractivity contribution in [1.82, 2.24) is 0 Å². The topological polar surface area (TPSA) is 391 Å². The fourth-order valence-corrected chi connectivity index (χ4v) is 0. The van der Waals surface area contributed by atoms with Gasteiger partial charge in [0.15, 0.2) is 0 Å². The third kappa shape index (κ3) is 2290. The summed E-state index contributed by atoms with van der Waals surface area (Å²) in [5.74, 6) is 0. The molecule has 25 heteroatoms. The number of hydrogen-bond acceptors (Lipinski definition) is 10. The Morgan fingerprint density at radius 3 is 0.440 bits per heavy atom. The summed E-state index contributed by atoms with van der Waals surface area (Å²) < 4.78 is 34.9. The minimum Gasteiger partial charge on any atom is -0.822 e. The van der Waals surface area contributed by atoms with Gasteiger partial charge in [-0.15, -0.1) is 0 Å². The molecule has 0 heterocycles. The molecular weight excluding hydrogens is 485 g/mol. The van der Waals surface area contributed by atoms with Crippen molar-refractivity contribution < 1.29 is 87.9 Å². The van der Waals surface area contributed by atoms with Crippen LogP contribution in [0.25, 0.3) is 0 Å². The molecule has 0 aromatic carbocycles. The molecule has 0 aliphatic rings. The molecule has 10 N–H and O–H groups in total. The molecule has 0 saturated heterocycles. The smallest absolute Gasteiger partial charge is 0.822 e. The van der Waals surface area contributed by atoms with E-state index >= 15 is 0 Å². The maximum Gasteiger partial charge on any atom is 2.00 e. The van der Waals surface area contributed by atoms with Crippen molar-refractivity contribution in [3.8, 4) is 0 Å². The third-order valence-electron chi connectivity index (χ3n) is 0. The van der Waals surface area contributed by atoms with Gasteiger partial charge in [0, 0.05) is 0 Å². The van der Waals surface area contributed by atoms with E-state index in [0.717, 1.165) is 0 Å². The van der Waals surface area contributed by atoms with Gasteiger partial charge in [-0.25, -0.2) is 9.13 Å². The molecule has 0 atom stereocenters. The summed E-state index contributed by atoms with van der Waals surface area (Å²) in [4.78, 5) is 94.4. The molecular formula is H10Mg3O18P4. The average Bonchev–Trinajstić information content (AvgIpc) is 1.62.